The summed E-state index contributed by atoms with van der Waals surface area (Å²) in [7, 11) is 1.33. The number of ether oxygens (including phenoxy) is 2. The van der Waals surface area contributed by atoms with Crippen LogP contribution in [0, 0.1) is 0 Å². The van der Waals surface area contributed by atoms with Gasteiger partial charge in [-0.15, -0.1) is 0 Å². The molecule has 0 aliphatic carbocycles. The number of hydrogen-bond acceptors (Lipinski definition) is 4. The van der Waals surface area contributed by atoms with Gasteiger partial charge in [-0.25, -0.2) is 9.59 Å². The van der Waals surface area contributed by atoms with E-state index >= 15 is 0 Å². The van der Waals surface area contributed by atoms with Gasteiger partial charge in [0.2, 0.25) is 5.76 Å². The number of aliphatic carboxylic acids is 1. The maximum Gasteiger partial charge on any atom is 0.371 e. The molecule has 0 saturated heterocycles. The Bertz CT molecular complexity index is 987. The lowest BCUT2D eigenvalue weighted by Gasteiger charge is -2.22. The van der Waals surface area contributed by atoms with Crippen LogP contribution in [0.25, 0.3) is 17.2 Å². The predicted octanol–water partition coefficient (Wildman–Crippen LogP) is 5.94. The van der Waals surface area contributed by atoms with Crippen LogP contribution < -0.4 is 15.0 Å². The first-order chi connectivity index (χ1) is 16.4. The van der Waals surface area contributed by atoms with E-state index in [1.165, 1.54) is 13.2 Å². The number of benzene rings is 2. The van der Waals surface area contributed by atoms with E-state index in [0.29, 0.717) is 31.0 Å². The van der Waals surface area contributed by atoms with Gasteiger partial charge in [0.1, 0.15) is 5.75 Å². The number of anilines is 1. The Morgan fingerprint density at radius 1 is 1.06 bits per heavy atom. The molecule has 0 aliphatic rings. The Morgan fingerprint density at radius 3 is 2.47 bits per heavy atom. The van der Waals surface area contributed by atoms with Crippen molar-refractivity contribution < 1.29 is 24.2 Å². The molecular weight excluding hydrogens is 432 g/mol. The van der Waals surface area contributed by atoms with Gasteiger partial charge < -0.3 is 19.9 Å². The maximum atomic E-state index is 12.7. The van der Waals surface area contributed by atoms with Crippen molar-refractivity contribution in [2.45, 2.75) is 46.5 Å². The molecule has 0 atom stereocenters. The number of nitrogens with zero attached hydrogens (tertiary/aromatic N) is 1. The second-order valence-corrected chi connectivity index (χ2v) is 7.86. The van der Waals surface area contributed by atoms with Gasteiger partial charge in [0.05, 0.1) is 13.7 Å². The molecule has 184 valence electrons. The number of hydrogen-bond donors (Lipinski definition) is 2. The van der Waals surface area contributed by atoms with Crippen LogP contribution in [0.5, 0.6) is 5.75 Å². The molecule has 7 heteroatoms. The number of methoxy groups -OCH3 is 1. The zero-order valence-electron chi connectivity index (χ0n) is 20.6. The molecule has 2 amide bonds. The van der Waals surface area contributed by atoms with Gasteiger partial charge in [-0.1, -0.05) is 51.0 Å². The van der Waals surface area contributed by atoms with E-state index in [1.807, 2.05) is 49.4 Å². The van der Waals surface area contributed by atoms with Crippen molar-refractivity contribution in [2.24, 2.45) is 0 Å². The van der Waals surface area contributed by atoms with Gasteiger partial charge in [0, 0.05) is 24.3 Å². The lowest BCUT2D eigenvalue weighted by atomic mass is 10.0. The minimum atomic E-state index is -1.13. The molecule has 7 nitrogen and oxygen atoms in total. The first kappa shape index (κ1) is 26.8. The van der Waals surface area contributed by atoms with Crippen molar-refractivity contribution in [1.82, 2.24) is 5.32 Å². The number of amides is 2. The number of unbranched alkanes of at least 4 members (excludes halogenated alkanes) is 2. The van der Waals surface area contributed by atoms with Gasteiger partial charge >= 0.3 is 12.0 Å². The summed E-state index contributed by atoms with van der Waals surface area (Å²) in [6.07, 6.45) is 5.32. The fourth-order valence-electron chi connectivity index (χ4n) is 3.42. The lowest BCUT2D eigenvalue weighted by Crippen LogP contribution is -2.40. The van der Waals surface area contributed by atoms with Gasteiger partial charge in [-0.05, 0) is 55.2 Å². The third-order valence-corrected chi connectivity index (χ3v) is 5.33. The first-order valence-corrected chi connectivity index (χ1v) is 11.9. The van der Waals surface area contributed by atoms with Gasteiger partial charge in [-0.2, -0.15) is 0 Å². The smallest absolute Gasteiger partial charge is 0.371 e. The van der Waals surface area contributed by atoms with Crippen LogP contribution >= 0.6 is 0 Å². The van der Waals surface area contributed by atoms with Crippen LogP contribution in [0.3, 0.4) is 0 Å². The van der Waals surface area contributed by atoms with E-state index in [4.69, 9.17) is 9.47 Å². The van der Waals surface area contributed by atoms with E-state index in [0.717, 1.165) is 42.5 Å². The fourth-order valence-corrected chi connectivity index (χ4v) is 3.42. The van der Waals surface area contributed by atoms with Crippen molar-refractivity contribution in [3.8, 4) is 16.9 Å². The van der Waals surface area contributed by atoms with Crippen LogP contribution in [0.2, 0.25) is 0 Å². The summed E-state index contributed by atoms with van der Waals surface area (Å²) in [4.78, 5) is 25.7. The van der Waals surface area contributed by atoms with Crippen LogP contribution in [-0.4, -0.2) is 43.9 Å². The van der Waals surface area contributed by atoms with Crippen LogP contribution in [0.4, 0.5) is 10.5 Å². The molecule has 0 radical (unpaired) electrons. The van der Waals surface area contributed by atoms with Crippen molar-refractivity contribution in [1.29, 1.82) is 0 Å². The number of urea groups is 1. The van der Waals surface area contributed by atoms with Crippen LogP contribution in [0.15, 0.2) is 48.2 Å². The Hall–Kier alpha value is -3.48. The van der Waals surface area contributed by atoms with E-state index in [-0.39, 0.29) is 11.8 Å². The topological polar surface area (TPSA) is 88.1 Å². The Labute approximate surface area is 202 Å². The molecule has 0 aliphatic heterocycles. The van der Waals surface area contributed by atoms with Gasteiger partial charge in [0.15, 0.2) is 0 Å². The molecular formula is C27H36N2O5. The summed E-state index contributed by atoms with van der Waals surface area (Å²) in [5.41, 5.74) is 3.23. The number of carboxylic acids is 1. The zero-order chi connectivity index (χ0) is 24.9. The molecule has 0 unspecified atom stereocenters. The van der Waals surface area contributed by atoms with E-state index in [1.54, 1.807) is 4.90 Å². The number of rotatable bonds is 13. The average molecular weight is 469 g/mol. The molecule has 0 spiro atoms. The normalized spacial score (nSPS) is 11.1. The summed E-state index contributed by atoms with van der Waals surface area (Å²) in [6.45, 7) is 7.87. The number of carbonyl (C=O) groups excluding carboxylic acids is 1. The largest absolute Gasteiger partial charge is 0.493 e. The highest BCUT2D eigenvalue weighted by molar-refractivity contribution is 5.93. The molecule has 2 aromatic rings. The highest BCUT2D eigenvalue weighted by atomic mass is 16.5. The van der Waals surface area contributed by atoms with Crippen LogP contribution in [0.1, 0.15) is 52.0 Å². The quantitative estimate of drug-likeness (QED) is 0.216. The van der Waals surface area contributed by atoms with Gasteiger partial charge in [0.25, 0.3) is 0 Å². The molecule has 0 heterocycles. The summed E-state index contributed by atoms with van der Waals surface area (Å²) in [5.74, 6) is -0.637. The third kappa shape index (κ3) is 7.54. The zero-order valence-corrected chi connectivity index (χ0v) is 20.6. The Balaban J connectivity index is 2.42. The van der Waals surface area contributed by atoms with Gasteiger partial charge in [-0.3, -0.25) is 4.90 Å². The van der Waals surface area contributed by atoms with E-state index in [9.17, 15) is 14.7 Å². The van der Waals surface area contributed by atoms with Crippen molar-refractivity contribution >= 4 is 23.8 Å². The molecule has 34 heavy (non-hydrogen) atoms. The first-order valence-electron chi connectivity index (χ1n) is 11.9. The number of nitrogens with one attached hydrogen (secondary N) is 1. The van der Waals surface area contributed by atoms with Crippen LogP contribution in [-0.2, 0) is 9.53 Å². The summed E-state index contributed by atoms with van der Waals surface area (Å²) >= 11 is 0. The molecule has 2 aromatic carbocycles. The molecule has 2 N–H and O–H groups in total. The molecule has 0 bridgehead atoms. The van der Waals surface area contributed by atoms with E-state index in [2.05, 4.69) is 19.2 Å². The molecule has 0 aromatic heterocycles. The highest BCUT2D eigenvalue weighted by Gasteiger charge is 2.16. The summed E-state index contributed by atoms with van der Waals surface area (Å²) < 4.78 is 11.0. The Kier molecular flexibility index (Phi) is 11.0. The maximum absolute atomic E-state index is 12.7. The van der Waals surface area contributed by atoms with E-state index < -0.39 is 5.97 Å². The Morgan fingerprint density at radius 2 is 1.82 bits per heavy atom. The number of carboxylic acid groups (broad SMARTS) is 1. The van der Waals surface area contributed by atoms with Crippen molar-refractivity contribution in [2.75, 3.05) is 31.7 Å². The highest BCUT2D eigenvalue weighted by Crippen LogP contribution is 2.34. The summed E-state index contributed by atoms with van der Waals surface area (Å²) in [5, 5.41) is 12.2. The third-order valence-electron chi connectivity index (χ3n) is 5.33. The second kappa shape index (κ2) is 13.9. The molecule has 0 saturated carbocycles. The minimum Gasteiger partial charge on any atom is -0.493 e. The predicted molar refractivity (Wildman–Crippen MR) is 136 cm³/mol. The molecule has 0 fully saturated rings. The second-order valence-electron chi connectivity index (χ2n) is 7.86. The fraction of sp³-hybridized carbons (Fsp3) is 0.407. The monoisotopic (exact) mass is 468 g/mol. The SMILES string of the molecule is CCCCNC(=O)N(CC)c1cccc(-c2ccc(/C=C(/OC)C(=O)O)cc2OCCCC)c1. The molecule has 2 rings (SSSR count). The van der Waals surface area contributed by atoms with Crippen molar-refractivity contribution in [3.05, 3.63) is 53.8 Å². The summed E-state index contributed by atoms with van der Waals surface area (Å²) in [6, 6.07) is 13.2. The lowest BCUT2D eigenvalue weighted by molar-refractivity contribution is -0.135. The average Bonchev–Trinajstić information content (AvgIpc) is 2.83. The minimum absolute atomic E-state index is 0.117. The van der Waals surface area contributed by atoms with Crippen molar-refractivity contribution in [3.63, 3.8) is 0 Å². The number of carbonyl (C=O) groups is 2. The standard InChI is InChI=1S/C27H36N2O5/c1-5-8-15-28-27(32)29(7-3)22-12-10-11-21(19-22)23-14-13-20(18-25(33-4)26(30)31)17-24(23)34-16-9-6-2/h10-14,17-19H,5-9,15-16H2,1-4H3,(H,28,32)(H,30,31)/b25-18+.